The van der Waals surface area contributed by atoms with Gasteiger partial charge in [-0.2, -0.15) is 0 Å². The van der Waals surface area contributed by atoms with Gasteiger partial charge in [0.2, 0.25) is 0 Å². The van der Waals surface area contributed by atoms with Gasteiger partial charge in [0.05, 0.1) is 0 Å². The van der Waals surface area contributed by atoms with E-state index in [2.05, 4.69) is 31.2 Å². The minimum absolute atomic E-state index is 0.695. The van der Waals surface area contributed by atoms with Crippen molar-refractivity contribution in [3.8, 4) is 0 Å². The number of carbonyl (C=O) groups is 1. The Hall–Kier alpha value is -1.57. The van der Waals surface area contributed by atoms with Gasteiger partial charge < -0.3 is 5.11 Å². The summed E-state index contributed by atoms with van der Waals surface area (Å²) in [5.74, 6) is 2.77. The largest absolute Gasteiger partial charge is 0.478 e. The van der Waals surface area contributed by atoms with Crippen LogP contribution in [-0.2, 0) is 4.79 Å². The first-order valence-electron chi connectivity index (χ1n) is 10.7. The molecule has 2 aliphatic rings. The van der Waals surface area contributed by atoms with E-state index >= 15 is 0 Å². The van der Waals surface area contributed by atoms with Crippen molar-refractivity contribution >= 4 is 12.0 Å². The van der Waals surface area contributed by atoms with Crippen LogP contribution in [0.1, 0.15) is 88.2 Å². The lowest BCUT2D eigenvalue weighted by Crippen LogP contribution is -2.25. The molecule has 0 saturated heterocycles. The van der Waals surface area contributed by atoms with Gasteiger partial charge in [-0.1, -0.05) is 56.9 Å². The van der Waals surface area contributed by atoms with E-state index in [0.717, 1.165) is 23.3 Å². The fourth-order valence-electron chi connectivity index (χ4n) is 5.33. The molecule has 0 heterocycles. The van der Waals surface area contributed by atoms with E-state index in [-0.39, 0.29) is 0 Å². The average molecular weight is 355 g/mol. The Kier molecular flexibility index (Phi) is 6.93. The molecule has 26 heavy (non-hydrogen) atoms. The molecule has 0 spiro atoms. The van der Waals surface area contributed by atoms with Gasteiger partial charge in [-0.15, -0.1) is 0 Å². The van der Waals surface area contributed by atoms with Crippen molar-refractivity contribution in [1.29, 1.82) is 0 Å². The van der Waals surface area contributed by atoms with E-state index in [4.69, 9.17) is 5.11 Å². The summed E-state index contributed by atoms with van der Waals surface area (Å²) in [6, 6.07) is 8.50. The first-order valence-corrected chi connectivity index (χ1v) is 10.7. The monoisotopic (exact) mass is 354 g/mol. The summed E-state index contributed by atoms with van der Waals surface area (Å²) in [5.41, 5.74) is 2.40. The van der Waals surface area contributed by atoms with E-state index in [1.165, 1.54) is 75.8 Å². The summed E-state index contributed by atoms with van der Waals surface area (Å²) in [6.07, 6.45) is 17.0. The molecule has 142 valence electrons. The summed E-state index contributed by atoms with van der Waals surface area (Å²) in [6.45, 7) is 2.32. The molecule has 0 atom stereocenters. The van der Waals surface area contributed by atoms with Crippen LogP contribution >= 0.6 is 0 Å². The summed E-state index contributed by atoms with van der Waals surface area (Å²) in [5, 5.41) is 8.72. The van der Waals surface area contributed by atoms with Crippen molar-refractivity contribution in [3.63, 3.8) is 0 Å². The van der Waals surface area contributed by atoms with Crippen LogP contribution in [0.15, 0.2) is 30.3 Å². The molecule has 0 unspecified atom stereocenters. The summed E-state index contributed by atoms with van der Waals surface area (Å²) in [7, 11) is 0. The van der Waals surface area contributed by atoms with Gasteiger partial charge in [-0.3, -0.25) is 0 Å². The highest BCUT2D eigenvalue weighted by Gasteiger charge is 2.30. The Morgan fingerprint density at radius 3 is 2.08 bits per heavy atom. The molecule has 1 N–H and O–H groups in total. The standard InChI is InChI=1S/C24H34O2/c1-2-3-18-4-9-20(10-5-18)22-13-15-23(16-14-22)21-11-6-19(7-12-21)8-17-24(25)26/h6-8,11-12,17-18,20,22-23H,2-5,9-10,13-16H2,1H3,(H,25,26)/b17-8+. The van der Waals surface area contributed by atoms with Crippen LogP contribution in [0.4, 0.5) is 0 Å². The first-order chi connectivity index (χ1) is 12.7. The van der Waals surface area contributed by atoms with E-state index in [1.807, 2.05) is 0 Å². The van der Waals surface area contributed by atoms with Gasteiger partial charge >= 0.3 is 5.97 Å². The molecule has 0 radical (unpaired) electrons. The second-order valence-electron chi connectivity index (χ2n) is 8.52. The number of hydrogen-bond acceptors (Lipinski definition) is 1. The van der Waals surface area contributed by atoms with Crippen LogP contribution in [0.3, 0.4) is 0 Å². The highest BCUT2D eigenvalue weighted by molar-refractivity contribution is 5.85. The second kappa shape index (κ2) is 9.39. The number of carboxylic acids is 1. The number of rotatable bonds is 6. The van der Waals surface area contributed by atoms with Crippen molar-refractivity contribution < 1.29 is 9.90 Å². The Balaban J connectivity index is 1.47. The van der Waals surface area contributed by atoms with Gasteiger partial charge in [-0.05, 0) is 79.4 Å². The SMILES string of the molecule is CCCC1CCC(C2CCC(c3ccc(/C=C/C(=O)O)cc3)CC2)CC1. The highest BCUT2D eigenvalue weighted by Crippen LogP contribution is 2.44. The molecule has 1 aromatic carbocycles. The summed E-state index contributed by atoms with van der Waals surface area (Å²) in [4.78, 5) is 10.6. The van der Waals surface area contributed by atoms with E-state index in [0.29, 0.717) is 5.92 Å². The molecular formula is C24H34O2. The molecule has 2 heteroatoms. The molecule has 0 amide bonds. The molecule has 2 fully saturated rings. The lowest BCUT2D eigenvalue weighted by molar-refractivity contribution is -0.131. The van der Waals surface area contributed by atoms with Crippen molar-refractivity contribution in [1.82, 2.24) is 0 Å². The van der Waals surface area contributed by atoms with Gasteiger partial charge in [0.1, 0.15) is 0 Å². The van der Waals surface area contributed by atoms with Crippen LogP contribution in [0.5, 0.6) is 0 Å². The predicted molar refractivity (Wildman–Crippen MR) is 108 cm³/mol. The quantitative estimate of drug-likeness (QED) is 0.580. The molecule has 2 aliphatic carbocycles. The molecule has 0 aliphatic heterocycles. The van der Waals surface area contributed by atoms with Crippen LogP contribution in [0, 0.1) is 17.8 Å². The minimum atomic E-state index is -0.892. The molecule has 2 nitrogen and oxygen atoms in total. The fraction of sp³-hybridized carbons (Fsp3) is 0.625. The topological polar surface area (TPSA) is 37.3 Å². The van der Waals surface area contributed by atoms with Crippen molar-refractivity contribution in [2.24, 2.45) is 17.8 Å². The summed E-state index contributed by atoms with van der Waals surface area (Å²) >= 11 is 0. The van der Waals surface area contributed by atoms with Crippen LogP contribution < -0.4 is 0 Å². The molecule has 2 saturated carbocycles. The van der Waals surface area contributed by atoms with Crippen molar-refractivity contribution in [3.05, 3.63) is 41.5 Å². The van der Waals surface area contributed by atoms with Gasteiger partial charge in [0.25, 0.3) is 0 Å². The molecular weight excluding hydrogens is 320 g/mol. The lowest BCUT2D eigenvalue weighted by atomic mass is 9.68. The van der Waals surface area contributed by atoms with Gasteiger partial charge in [0, 0.05) is 6.08 Å². The molecule has 1 aromatic rings. The number of benzene rings is 1. The predicted octanol–water partition coefficient (Wildman–Crippen LogP) is 6.66. The third-order valence-electron chi connectivity index (χ3n) is 6.85. The highest BCUT2D eigenvalue weighted by atomic mass is 16.4. The zero-order valence-electron chi connectivity index (χ0n) is 16.2. The lowest BCUT2D eigenvalue weighted by Gasteiger charge is -2.38. The Bertz CT molecular complexity index is 585. The molecule has 3 rings (SSSR count). The third-order valence-corrected chi connectivity index (χ3v) is 6.85. The maximum Gasteiger partial charge on any atom is 0.328 e. The van der Waals surface area contributed by atoms with Crippen LogP contribution in [-0.4, -0.2) is 11.1 Å². The number of aliphatic carboxylic acids is 1. The number of carboxylic acid groups (broad SMARTS) is 1. The van der Waals surface area contributed by atoms with E-state index in [1.54, 1.807) is 6.08 Å². The fourth-order valence-corrected chi connectivity index (χ4v) is 5.33. The van der Waals surface area contributed by atoms with E-state index in [9.17, 15) is 4.79 Å². The van der Waals surface area contributed by atoms with Crippen molar-refractivity contribution in [2.75, 3.05) is 0 Å². The molecule has 0 bridgehead atoms. The third kappa shape index (κ3) is 5.22. The number of hydrogen-bond donors (Lipinski definition) is 1. The van der Waals surface area contributed by atoms with Crippen molar-refractivity contribution in [2.45, 2.75) is 77.0 Å². The Labute approximate surface area is 158 Å². The van der Waals surface area contributed by atoms with Gasteiger partial charge in [0.15, 0.2) is 0 Å². The normalized spacial score (nSPS) is 29.7. The Morgan fingerprint density at radius 1 is 0.962 bits per heavy atom. The molecule has 0 aromatic heterocycles. The average Bonchev–Trinajstić information content (AvgIpc) is 2.68. The van der Waals surface area contributed by atoms with Gasteiger partial charge in [-0.25, -0.2) is 4.79 Å². The minimum Gasteiger partial charge on any atom is -0.478 e. The zero-order valence-corrected chi connectivity index (χ0v) is 16.2. The van der Waals surface area contributed by atoms with Crippen LogP contribution in [0.2, 0.25) is 0 Å². The first kappa shape index (κ1) is 19.2. The Morgan fingerprint density at radius 2 is 1.54 bits per heavy atom. The smallest absolute Gasteiger partial charge is 0.328 e. The summed E-state index contributed by atoms with van der Waals surface area (Å²) < 4.78 is 0. The van der Waals surface area contributed by atoms with E-state index < -0.39 is 5.97 Å². The zero-order chi connectivity index (χ0) is 18.4. The maximum atomic E-state index is 10.6. The van der Waals surface area contributed by atoms with Crippen LogP contribution in [0.25, 0.3) is 6.08 Å². The maximum absolute atomic E-state index is 10.6. The second-order valence-corrected chi connectivity index (χ2v) is 8.52.